The van der Waals surface area contributed by atoms with Gasteiger partial charge >= 0.3 is 0 Å². The topological polar surface area (TPSA) is 35.2 Å². The number of rotatable bonds is 4. The Bertz CT molecular complexity index is 263. The summed E-state index contributed by atoms with van der Waals surface area (Å²) in [4.78, 5) is 0. The Balaban J connectivity index is 2.37. The lowest BCUT2D eigenvalue weighted by Gasteiger charge is -2.07. The molecule has 1 aromatic rings. The zero-order valence-electron chi connectivity index (χ0n) is 7.66. The van der Waals surface area contributed by atoms with Gasteiger partial charge in [-0.2, -0.15) is 0 Å². The van der Waals surface area contributed by atoms with Gasteiger partial charge < -0.3 is 10.5 Å². The van der Waals surface area contributed by atoms with Gasteiger partial charge in [-0.05, 0) is 31.5 Å². The average Bonchev–Trinajstić information content (AvgIpc) is 2.03. The molecule has 3 heteroatoms. The van der Waals surface area contributed by atoms with Gasteiger partial charge in [-0.1, -0.05) is 22.0 Å². The number of nitrogens with two attached hydrogens (primary N) is 1. The van der Waals surface area contributed by atoms with E-state index < -0.39 is 0 Å². The normalized spacial score (nSPS) is 12.5. The van der Waals surface area contributed by atoms with E-state index in [0.29, 0.717) is 6.61 Å². The Hall–Kier alpha value is -0.540. The molecule has 0 spiro atoms. The lowest BCUT2D eigenvalue weighted by atomic mass is 10.3. The van der Waals surface area contributed by atoms with Crippen LogP contribution in [-0.2, 0) is 0 Å². The second-order valence-electron chi connectivity index (χ2n) is 3.07. The van der Waals surface area contributed by atoms with Crippen LogP contribution in [-0.4, -0.2) is 12.6 Å². The zero-order valence-corrected chi connectivity index (χ0v) is 9.25. The van der Waals surface area contributed by atoms with Crippen molar-refractivity contribution < 1.29 is 4.74 Å². The molecule has 1 aromatic carbocycles. The summed E-state index contributed by atoms with van der Waals surface area (Å²) < 4.78 is 6.52. The molecule has 0 saturated heterocycles. The van der Waals surface area contributed by atoms with E-state index in [4.69, 9.17) is 10.5 Å². The first kappa shape index (κ1) is 10.5. The number of hydrogen-bond acceptors (Lipinski definition) is 2. The van der Waals surface area contributed by atoms with Gasteiger partial charge in [0.25, 0.3) is 0 Å². The molecule has 0 aliphatic rings. The number of benzene rings is 1. The minimum Gasteiger partial charge on any atom is -0.493 e. The fraction of sp³-hybridized carbons (Fsp3) is 0.400. The minimum absolute atomic E-state index is 0.201. The van der Waals surface area contributed by atoms with Crippen molar-refractivity contribution in [3.05, 3.63) is 28.7 Å². The van der Waals surface area contributed by atoms with Crippen LogP contribution in [0.1, 0.15) is 13.3 Å². The Morgan fingerprint density at radius 1 is 1.54 bits per heavy atom. The Kier molecular flexibility index (Phi) is 4.25. The van der Waals surface area contributed by atoms with Crippen LogP contribution in [0.3, 0.4) is 0 Å². The molecular weight excluding hydrogens is 230 g/mol. The Morgan fingerprint density at radius 3 is 2.92 bits per heavy atom. The standard InChI is InChI=1S/C10H14BrNO/c1-8(12)5-6-13-10-4-2-3-9(11)7-10/h2-4,7-8H,5-6,12H2,1H3. The number of ether oxygens (including phenoxy) is 1. The van der Waals surface area contributed by atoms with Gasteiger partial charge in [0.1, 0.15) is 5.75 Å². The van der Waals surface area contributed by atoms with Crippen molar-refractivity contribution in [1.82, 2.24) is 0 Å². The maximum atomic E-state index is 5.60. The van der Waals surface area contributed by atoms with Gasteiger partial charge in [0.05, 0.1) is 6.61 Å². The van der Waals surface area contributed by atoms with E-state index in [2.05, 4.69) is 15.9 Å². The largest absolute Gasteiger partial charge is 0.493 e. The van der Waals surface area contributed by atoms with Crippen molar-refractivity contribution in [1.29, 1.82) is 0 Å². The van der Waals surface area contributed by atoms with Crippen molar-refractivity contribution in [2.75, 3.05) is 6.61 Å². The predicted molar refractivity (Wildman–Crippen MR) is 57.9 cm³/mol. The van der Waals surface area contributed by atoms with Crippen LogP contribution in [0.25, 0.3) is 0 Å². The molecule has 0 bridgehead atoms. The highest BCUT2D eigenvalue weighted by molar-refractivity contribution is 9.10. The number of halogens is 1. The molecule has 0 saturated carbocycles. The molecule has 2 N–H and O–H groups in total. The smallest absolute Gasteiger partial charge is 0.120 e. The van der Waals surface area contributed by atoms with E-state index >= 15 is 0 Å². The van der Waals surface area contributed by atoms with E-state index in [1.54, 1.807) is 0 Å². The molecule has 0 radical (unpaired) electrons. The minimum atomic E-state index is 0.201. The van der Waals surface area contributed by atoms with Crippen LogP contribution in [0.4, 0.5) is 0 Å². The quantitative estimate of drug-likeness (QED) is 0.883. The molecule has 1 rings (SSSR count). The molecule has 0 fully saturated rings. The van der Waals surface area contributed by atoms with Gasteiger partial charge in [0, 0.05) is 10.5 Å². The number of hydrogen-bond donors (Lipinski definition) is 1. The Labute approximate surface area is 87.2 Å². The van der Waals surface area contributed by atoms with Gasteiger partial charge in [0.2, 0.25) is 0 Å². The zero-order chi connectivity index (χ0) is 9.68. The molecular formula is C10H14BrNO. The third-order valence-corrected chi connectivity index (χ3v) is 2.13. The van der Waals surface area contributed by atoms with Crippen LogP contribution >= 0.6 is 15.9 Å². The molecule has 13 heavy (non-hydrogen) atoms. The predicted octanol–water partition coefficient (Wildman–Crippen LogP) is 2.57. The van der Waals surface area contributed by atoms with E-state index in [9.17, 15) is 0 Å². The second-order valence-corrected chi connectivity index (χ2v) is 3.99. The fourth-order valence-electron chi connectivity index (χ4n) is 0.919. The highest BCUT2D eigenvalue weighted by atomic mass is 79.9. The SMILES string of the molecule is CC(N)CCOc1cccc(Br)c1. The molecule has 72 valence electrons. The van der Waals surface area contributed by atoms with Crippen molar-refractivity contribution in [2.45, 2.75) is 19.4 Å². The summed E-state index contributed by atoms with van der Waals surface area (Å²) in [7, 11) is 0. The van der Waals surface area contributed by atoms with E-state index in [-0.39, 0.29) is 6.04 Å². The molecule has 1 atom stereocenters. The third-order valence-electron chi connectivity index (χ3n) is 1.64. The first-order valence-corrected chi connectivity index (χ1v) is 5.12. The van der Waals surface area contributed by atoms with Gasteiger partial charge in [0.15, 0.2) is 0 Å². The summed E-state index contributed by atoms with van der Waals surface area (Å²) in [5.41, 5.74) is 5.60. The van der Waals surface area contributed by atoms with Crippen molar-refractivity contribution in [3.63, 3.8) is 0 Å². The summed E-state index contributed by atoms with van der Waals surface area (Å²) in [6, 6.07) is 8.00. The van der Waals surface area contributed by atoms with E-state index in [0.717, 1.165) is 16.6 Å². The molecule has 1 unspecified atom stereocenters. The fourth-order valence-corrected chi connectivity index (χ4v) is 1.30. The van der Waals surface area contributed by atoms with Crippen molar-refractivity contribution in [2.24, 2.45) is 5.73 Å². The summed E-state index contributed by atoms with van der Waals surface area (Å²) >= 11 is 3.38. The van der Waals surface area contributed by atoms with Crippen LogP contribution in [0.2, 0.25) is 0 Å². The lowest BCUT2D eigenvalue weighted by Crippen LogP contribution is -2.18. The van der Waals surface area contributed by atoms with Crippen LogP contribution in [0, 0.1) is 0 Å². The first-order valence-electron chi connectivity index (χ1n) is 4.32. The monoisotopic (exact) mass is 243 g/mol. The molecule has 0 amide bonds. The third kappa shape index (κ3) is 4.29. The van der Waals surface area contributed by atoms with Gasteiger partial charge in [-0.25, -0.2) is 0 Å². The summed E-state index contributed by atoms with van der Waals surface area (Å²) in [6.45, 7) is 2.65. The molecule has 0 aromatic heterocycles. The van der Waals surface area contributed by atoms with Crippen LogP contribution in [0.15, 0.2) is 28.7 Å². The first-order chi connectivity index (χ1) is 6.18. The second kappa shape index (κ2) is 5.25. The maximum Gasteiger partial charge on any atom is 0.120 e. The molecule has 2 nitrogen and oxygen atoms in total. The summed E-state index contributed by atoms with van der Waals surface area (Å²) in [5.74, 6) is 0.884. The highest BCUT2D eigenvalue weighted by Crippen LogP contribution is 2.17. The average molecular weight is 244 g/mol. The lowest BCUT2D eigenvalue weighted by molar-refractivity contribution is 0.301. The highest BCUT2D eigenvalue weighted by Gasteiger charge is 1.96. The van der Waals surface area contributed by atoms with E-state index in [1.165, 1.54) is 0 Å². The van der Waals surface area contributed by atoms with Gasteiger partial charge in [-0.15, -0.1) is 0 Å². The summed E-state index contributed by atoms with van der Waals surface area (Å²) in [6.07, 6.45) is 0.881. The molecule has 0 aliphatic carbocycles. The summed E-state index contributed by atoms with van der Waals surface area (Å²) in [5, 5.41) is 0. The van der Waals surface area contributed by atoms with Crippen LogP contribution in [0.5, 0.6) is 5.75 Å². The van der Waals surface area contributed by atoms with E-state index in [1.807, 2.05) is 31.2 Å². The van der Waals surface area contributed by atoms with Crippen LogP contribution < -0.4 is 10.5 Å². The van der Waals surface area contributed by atoms with Gasteiger partial charge in [-0.3, -0.25) is 0 Å². The molecule has 0 heterocycles. The van der Waals surface area contributed by atoms with Crippen molar-refractivity contribution >= 4 is 15.9 Å². The van der Waals surface area contributed by atoms with Crippen molar-refractivity contribution in [3.8, 4) is 5.75 Å². The Morgan fingerprint density at radius 2 is 2.31 bits per heavy atom. The molecule has 0 aliphatic heterocycles. The maximum absolute atomic E-state index is 5.60.